The SMILES string of the molecule is [Co+2].[Fe+2].[La+3].[Sr+2]. The molecule has 0 aliphatic heterocycles. The molecule has 0 atom stereocenters. The zero-order valence-electron chi connectivity index (χ0n) is 1.97. The van der Waals surface area contributed by atoms with Gasteiger partial charge in [-0.2, -0.15) is 0 Å². The van der Waals surface area contributed by atoms with Crippen LogP contribution in [-0.2, 0) is 33.8 Å². The molecule has 0 aromatic carbocycles. The fourth-order valence-electron chi connectivity index (χ4n) is 0. The summed E-state index contributed by atoms with van der Waals surface area (Å²) in [5.74, 6) is 0. The summed E-state index contributed by atoms with van der Waals surface area (Å²) >= 11 is 0. The van der Waals surface area contributed by atoms with Crippen molar-refractivity contribution in [1.29, 1.82) is 0 Å². The summed E-state index contributed by atoms with van der Waals surface area (Å²) in [5, 5.41) is 0. The van der Waals surface area contributed by atoms with E-state index in [1.807, 2.05) is 0 Å². The van der Waals surface area contributed by atoms with Crippen LogP contribution in [0.5, 0.6) is 0 Å². The van der Waals surface area contributed by atoms with Gasteiger partial charge < -0.3 is 0 Å². The standard InChI is InChI=1S/Co.Fe.La.Sr/q2*+2;+3;+2. The molecule has 0 aromatic heterocycles. The zero-order valence-corrected chi connectivity index (χ0v) is 11.2. The van der Waals surface area contributed by atoms with Gasteiger partial charge in [0.2, 0.25) is 0 Å². The molecule has 0 aromatic rings. The Kier molecular flexibility index (Phi) is 100. The van der Waals surface area contributed by atoms with E-state index in [-0.39, 0.29) is 115 Å². The fraction of sp³-hybridized carbons (Fsp3) is 0. The molecule has 4 heteroatoms. The second-order valence-corrected chi connectivity index (χ2v) is 0. The van der Waals surface area contributed by atoms with E-state index >= 15 is 0 Å². The fourth-order valence-corrected chi connectivity index (χ4v) is 0. The van der Waals surface area contributed by atoms with Crippen LogP contribution in [0.1, 0.15) is 0 Å². The van der Waals surface area contributed by atoms with Gasteiger partial charge in [0.05, 0.1) is 0 Å². The van der Waals surface area contributed by atoms with Gasteiger partial charge in [0.25, 0.3) is 0 Å². The predicted octanol–water partition coefficient (Wildman–Crippen LogP) is -0.386. The first-order valence-corrected chi connectivity index (χ1v) is 0. The van der Waals surface area contributed by atoms with Crippen LogP contribution >= 0.6 is 0 Å². The minimum Gasteiger partial charge on any atom is 2.00 e. The summed E-state index contributed by atoms with van der Waals surface area (Å²) < 4.78 is 0. The summed E-state index contributed by atoms with van der Waals surface area (Å²) in [6.07, 6.45) is 0. The van der Waals surface area contributed by atoms with Crippen LogP contribution in [0.2, 0.25) is 0 Å². The first-order chi connectivity index (χ1) is 0. The maximum atomic E-state index is 0. The van der Waals surface area contributed by atoms with E-state index in [0.717, 1.165) is 0 Å². The van der Waals surface area contributed by atoms with Crippen molar-refractivity contribution >= 4 is 45.5 Å². The Balaban J connectivity index is 0. The second-order valence-electron chi connectivity index (χ2n) is 0. The molecule has 0 rings (SSSR count). The molecule has 4 heavy (non-hydrogen) atoms. The van der Waals surface area contributed by atoms with Crippen LogP contribution in [0.25, 0.3) is 0 Å². The number of hydrogen-bond acceptors (Lipinski definition) is 0. The van der Waals surface area contributed by atoms with E-state index in [1.54, 1.807) is 0 Å². The Morgan fingerprint density at radius 3 is 1.00 bits per heavy atom. The van der Waals surface area contributed by atoms with Crippen LogP contribution < -0.4 is 0 Å². The third-order valence-electron chi connectivity index (χ3n) is 0. The molecule has 0 bridgehead atoms. The van der Waals surface area contributed by atoms with Gasteiger partial charge in [0.1, 0.15) is 0 Å². The topological polar surface area (TPSA) is 0 Å². The molecular weight excluding hydrogens is 341 g/mol. The minimum atomic E-state index is 0. The average molecular weight is 341 g/mol. The van der Waals surface area contributed by atoms with Crippen LogP contribution in [0, 0.1) is 35.6 Å². The molecule has 0 nitrogen and oxygen atoms in total. The average Bonchev–Trinajstić information content (AvgIpc) is 0. The summed E-state index contributed by atoms with van der Waals surface area (Å²) in [6, 6.07) is 0. The number of hydrogen-bond donors (Lipinski definition) is 0. The smallest absolute Gasteiger partial charge is 2.00 e. The van der Waals surface area contributed by atoms with Gasteiger partial charge >= 0.3 is 115 Å². The molecule has 0 unspecified atom stereocenters. The number of rotatable bonds is 0. The van der Waals surface area contributed by atoms with Gasteiger partial charge in [-0.1, -0.05) is 0 Å². The molecule has 0 heterocycles. The third-order valence-corrected chi connectivity index (χ3v) is 0. The van der Waals surface area contributed by atoms with E-state index in [4.69, 9.17) is 0 Å². The molecule has 13 valence electrons. The largest absolute Gasteiger partial charge is 3.00 e. The Hall–Kier alpha value is 3.70. The van der Waals surface area contributed by atoms with Crippen molar-refractivity contribution in [3.63, 3.8) is 0 Å². The van der Waals surface area contributed by atoms with Crippen molar-refractivity contribution in [2.45, 2.75) is 0 Å². The first-order valence-electron chi connectivity index (χ1n) is 0. The van der Waals surface area contributed by atoms with Crippen LogP contribution in [-0.4, -0.2) is 45.5 Å². The van der Waals surface area contributed by atoms with Crippen molar-refractivity contribution in [3.05, 3.63) is 0 Å². The summed E-state index contributed by atoms with van der Waals surface area (Å²) in [4.78, 5) is 0. The van der Waals surface area contributed by atoms with Gasteiger partial charge in [0, 0.05) is 0 Å². The van der Waals surface area contributed by atoms with Crippen molar-refractivity contribution in [3.8, 4) is 0 Å². The van der Waals surface area contributed by atoms with Gasteiger partial charge in [0.15, 0.2) is 0 Å². The Morgan fingerprint density at radius 2 is 1.00 bits per heavy atom. The molecule has 1 radical (unpaired) electrons. The van der Waals surface area contributed by atoms with Gasteiger partial charge in [-0.25, -0.2) is 0 Å². The minimum absolute atomic E-state index is 0. The van der Waals surface area contributed by atoms with Crippen molar-refractivity contribution in [1.82, 2.24) is 0 Å². The Bertz CT molecular complexity index is 8.00. The maximum Gasteiger partial charge on any atom is 3.00 e. The normalized spacial score (nSPS) is 0. The quantitative estimate of drug-likeness (QED) is 0.527. The predicted molar refractivity (Wildman–Crippen MR) is 5.75 cm³/mol. The zero-order chi connectivity index (χ0) is 0. The van der Waals surface area contributed by atoms with E-state index in [1.165, 1.54) is 0 Å². The van der Waals surface area contributed by atoms with Gasteiger partial charge in [-0.05, 0) is 0 Å². The summed E-state index contributed by atoms with van der Waals surface area (Å²) in [6.45, 7) is 0. The maximum absolute atomic E-state index is 0. The van der Waals surface area contributed by atoms with Gasteiger partial charge in [-0.3, -0.25) is 0 Å². The van der Waals surface area contributed by atoms with E-state index in [9.17, 15) is 0 Å². The molecule has 0 amide bonds. The van der Waals surface area contributed by atoms with Crippen molar-refractivity contribution in [2.24, 2.45) is 0 Å². The summed E-state index contributed by atoms with van der Waals surface area (Å²) in [7, 11) is 0. The molecule has 0 fully saturated rings. The summed E-state index contributed by atoms with van der Waals surface area (Å²) in [5.41, 5.74) is 0. The van der Waals surface area contributed by atoms with E-state index in [0.29, 0.717) is 0 Å². The molecule has 0 aliphatic rings. The molecular formula is CoFeLaSr+9. The van der Waals surface area contributed by atoms with Crippen LogP contribution in [0.3, 0.4) is 0 Å². The van der Waals surface area contributed by atoms with E-state index < -0.39 is 0 Å². The third kappa shape index (κ3) is 9.20. The van der Waals surface area contributed by atoms with E-state index in [2.05, 4.69) is 0 Å². The van der Waals surface area contributed by atoms with Crippen LogP contribution in [0.4, 0.5) is 0 Å². The molecule has 0 N–H and O–H groups in total. The molecule has 0 spiro atoms. The molecule has 0 aliphatic carbocycles. The monoisotopic (exact) mass is 342 g/mol. The Labute approximate surface area is 112 Å². The van der Waals surface area contributed by atoms with Crippen molar-refractivity contribution in [2.75, 3.05) is 0 Å². The van der Waals surface area contributed by atoms with Crippen molar-refractivity contribution < 1.29 is 69.4 Å². The first kappa shape index (κ1) is 25.2. The molecule has 0 saturated carbocycles. The second kappa shape index (κ2) is 15.9. The Morgan fingerprint density at radius 1 is 1.00 bits per heavy atom. The van der Waals surface area contributed by atoms with Crippen LogP contribution in [0.15, 0.2) is 0 Å². The molecule has 0 saturated heterocycles. The van der Waals surface area contributed by atoms with Gasteiger partial charge in [-0.15, -0.1) is 0 Å².